The summed E-state index contributed by atoms with van der Waals surface area (Å²) < 4.78 is 0. The fourth-order valence-corrected chi connectivity index (χ4v) is 1.50. The van der Waals surface area contributed by atoms with Crippen molar-refractivity contribution >= 4 is 11.6 Å². The van der Waals surface area contributed by atoms with Gasteiger partial charge in [-0.15, -0.1) is 0 Å². The van der Waals surface area contributed by atoms with E-state index in [1.54, 1.807) is 12.4 Å². The van der Waals surface area contributed by atoms with Gasteiger partial charge in [0, 0.05) is 5.22 Å². The highest BCUT2D eigenvalue weighted by Gasteiger charge is 2.01. The zero-order valence-electron chi connectivity index (χ0n) is 9.44. The van der Waals surface area contributed by atoms with Crippen molar-refractivity contribution in [3.63, 3.8) is 0 Å². The summed E-state index contributed by atoms with van der Waals surface area (Å²) in [7, 11) is 0. The number of nitrogens with zero attached hydrogens (tertiary/aromatic N) is 2. The van der Waals surface area contributed by atoms with Crippen LogP contribution in [0.25, 0.3) is 11.6 Å². The molecule has 0 aromatic carbocycles. The molecular weight excluding hydrogens is 186 g/mol. The van der Waals surface area contributed by atoms with E-state index in [0.717, 1.165) is 10.6 Å². The highest BCUT2D eigenvalue weighted by Crippen LogP contribution is 2.08. The Bertz CT molecular complexity index is 458. The second-order valence-electron chi connectivity index (χ2n) is 3.59. The van der Waals surface area contributed by atoms with Gasteiger partial charge in [-0.1, -0.05) is 19.9 Å². The van der Waals surface area contributed by atoms with Crippen LogP contribution in [0.5, 0.6) is 0 Å². The molecule has 1 heterocycles. The minimum atomic E-state index is 0.410. The molecule has 1 aromatic rings. The van der Waals surface area contributed by atoms with Gasteiger partial charge in [-0.3, -0.25) is 0 Å². The molecule has 1 rings (SSSR count). The van der Waals surface area contributed by atoms with Gasteiger partial charge in [-0.25, -0.2) is 0 Å². The van der Waals surface area contributed by atoms with Gasteiger partial charge in [0.25, 0.3) is 0 Å². The molecule has 0 aliphatic heterocycles. The molecule has 3 nitrogen and oxygen atoms in total. The molecule has 3 heteroatoms. The van der Waals surface area contributed by atoms with Crippen LogP contribution in [-0.4, -0.2) is 10.2 Å². The molecule has 0 saturated carbocycles. The number of allylic oxidation sites excluding steroid dienone is 1. The number of hydrogen-bond acceptors (Lipinski definition) is 3. The molecule has 0 amide bonds. The van der Waals surface area contributed by atoms with Gasteiger partial charge in [-0.2, -0.15) is 10.2 Å². The maximum Gasteiger partial charge on any atom is 0.0889 e. The Morgan fingerprint density at radius 2 is 2.20 bits per heavy atom. The fraction of sp³-hybridized carbons (Fsp3) is 0.333. The Kier molecular flexibility index (Phi) is 4.03. The van der Waals surface area contributed by atoms with E-state index in [0.29, 0.717) is 5.92 Å². The molecule has 0 spiro atoms. The van der Waals surface area contributed by atoms with Crippen molar-refractivity contribution in [2.45, 2.75) is 20.8 Å². The summed E-state index contributed by atoms with van der Waals surface area (Å²) in [6, 6.07) is 1.97. The normalized spacial score (nSPS) is 15.1. The molecule has 0 aliphatic carbocycles. The zero-order chi connectivity index (χ0) is 11.3. The summed E-state index contributed by atoms with van der Waals surface area (Å²) in [5.41, 5.74) is 6.63. The average molecular weight is 203 g/mol. The second-order valence-corrected chi connectivity index (χ2v) is 3.59. The van der Waals surface area contributed by atoms with Gasteiger partial charge in [0.2, 0.25) is 0 Å². The summed E-state index contributed by atoms with van der Waals surface area (Å²) in [6.07, 6.45) is 7.15. The van der Waals surface area contributed by atoms with E-state index in [1.165, 1.54) is 5.57 Å². The van der Waals surface area contributed by atoms with Gasteiger partial charge in [0.1, 0.15) is 0 Å². The summed E-state index contributed by atoms with van der Waals surface area (Å²) >= 11 is 0. The van der Waals surface area contributed by atoms with Crippen molar-refractivity contribution < 1.29 is 0 Å². The van der Waals surface area contributed by atoms with Gasteiger partial charge >= 0.3 is 0 Å². The summed E-state index contributed by atoms with van der Waals surface area (Å²) in [6.45, 7) is 6.22. The molecule has 0 atom stereocenters. The minimum absolute atomic E-state index is 0.410. The topological polar surface area (TPSA) is 51.8 Å². The van der Waals surface area contributed by atoms with Crippen LogP contribution in [0.15, 0.2) is 24.5 Å². The fourth-order valence-electron chi connectivity index (χ4n) is 1.50. The average Bonchev–Trinajstić information content (AvgIpc) is 2.25. The minimum Gasteiger partial charge on any atom is -0.405 e. The maximum atomic E-state index is 5.45. The SMILES string of the molecule is C/C=c1/nncc/c1=C(/C=C\N)C(C)C. The molecule has 2 N–H and O–H groups in total. The molecule has 0 radical (unpaired) electrons. The Morgan fingerprint density at radius 3 is 2.73 bits per heavy atom. The van der Waals surface area contributed by atoms with Crippen LogP contribution in [0.4, 0.5) is 0 Å². The molecular formula is C12H17N3. The van der Waals surface area contributed by atoms with Crippen molar-refractivity contribution in [1.29, 1.82) is 0 Å². The molecule has 0 saturated heterocycles. The van der Waals surface area contributed by atoms with Crippen molar-refractivity contribution in [2.75, 3.05) is 0 Å². The highest BCUT2D eigenvalue weighted by atomic mass is 15.1. The van der Waals surface area contributed by atoms with Crippen molar-refractivity contribution in [3.05, 3.63) is 35.1 Å². The zero-order valence-corrected chi connectivity index (χ0v) is 9.44. The van der Waals surface area contributed by atoms with Crippen molar-refractivity contribution in [1.82, 2.24) is 10.2 Å². The smallest absolute Gasteiger partial charge is 0.0889 e. The predicted octanol–water partition coefficient (Wildman–Crippen LogP) is 0.556. The third-order valence-electron chi connectivity index (χ3n) is 2.23. The predicted molar refractivity (Wildman–Crippen MR) is 63.0 cm³/mol. The third-order valence-corrected chi connectivity index (χ3v) is 2.23. The largest absolute Gasteiger partial charge is 0.405 e. The monoisotopic (exact) mass is 203 g/mol. The first-order valence-electron chi connectivity index (χ1n) is 5.07. The molecule has 0 aliphatic rings. The molecule has 80 valence electrons. The van der Waals surface area contributed by atoms with E-state index in [4.69, 9.17) is 5.73 Å². The van der Waals surface area contributed by atoms with Gasteiger partial charge in [-0.05, 0) is 36.8 Å². The lowest BCUT2D eigenvalue weighted by atomic mass is 10.0. The number of hydrogen-bond donors (Lipinski definition) is 1. The van der Waals surface area contributed by atoms with E-state index in [-0.39, 0.29) is 0 Å². The summed E-state index contributed by atoms with van der Waals surface area (Å²) in [5, 5.41) is 9.95. The molecule has 0 unspecified atom stereocenters. The molecule has 1 aromatic heterocycles. The van der Waals surface area contributed by atoms with E-state index in [2.05, 4.69) is 24.0 Å². The lowest BCUT2D eigenvalue weighted by Gasteiger charge is -2.05. The Labute approximate surface area is 90.0 Å². The van der Waals surface area contributed by atoms with Crippen LogP contribution in [-0.2, 0) is 0 Å². The van der Waals surface area contributed by atoms with Crippen molar-refractivity contribution in [3.8, 4) is 0 Å². The molecule has 0 fully saturated rings. The Balaban J connectivity index is 3.62. The van der Waals surface area contributed by atoms with Crippen LogP contribution >= 0.6 is 0 Å². The van der Waals surface area contributed by atoms with Crippen LogP contribution in [0, 0.1) is 5.92 Å². The van der Waals surface area contributed by atoms with Crippen LogP contribution in [0.2, 0.25) is 0 Å². The van der Waals surface area contributed by atoms with E-state index in [9.17, 15) is 0 Å². The van der Waals surface area contributed by atoms with E-state index in [1.807, 2.05) is 25.1 Å². The number of rotatable bonds is 2. The van der Waals surface area contributed by atoms with Crippen LogP contribution in [0.1, 0.15) is 20.8 Å². The maximum absolute atomic E-state index is 5.45. The molecule has 0 bridgehead atoms. The first kappa shape index (κ1) is 11.4. The second kappa shape index (κ2) is 5.29. The molecule has 15 heavy (non-hydrogen) atoms. The van der Waals surface area contributed by atoms with E-state index >= 15 is 0 Å². The lowest BCUT2D eigenvalue weighted by Crippen LogP contribution is -2.31. The first-order chi connectivity index (χ1) is 7.20. The standard InChI is InChI=1S/C12H17N3/c1-4-12-11(6-8-14-15-12)10(5-7-13)9(2)3/h4-9H,13H2,1-3H3/b7-5-,11-10+,12-4+. The van der Waals surface area contributed by atoms with E-state index < -0.39 is 0 Å². The van der Waals surface area contributed by atoms with Crippen LogP contribution < -0.4 is 16.3 Å². The third kappa shape index (κ3) is 2.65. The lowest BCUT2D eigenvalue weighted by molar-refractivity contribution is 0.849. The Hall–Kier alpha value is -1.64. The number of aromatic nitrogens is 2. The van der Waals surface area contributed by atoms with Gasteiger partial charge in [0.15, 0.2) is 0 Å². The highest BCUT2D eigenvalue weighted by molar-refractivity contribution is 5.57. The number of nitrogens with two attached hydrogens (primary N) is 1. The Morgan fingerprint density at radius 1 is 1.47 bits per heavy atom. The van der Waals surface area contributed by atoms with Gasteiger partial charge in [0.05, 0.1) is 11.5 Å². The van der Waals surface area contributed by atoms with Crippen molar-refractivity contribution in [2.24, 2.45) is 11.7 Å². The summed E-state index contributed by atoms with van der Waals surface area (Å²) in [4.78, 5) is 0. The quantitative estimate of drug-likeness (QED) is 0.764. The van der Waals surface area contributed by atoms with Gasteiger partial charge < -0.3 is 5.73 Å². The summed E-state index contributed by atoms with van der Waals surface area (Å²) in [5.74, 6) is 0.410. The first-order valence-corrected chi connectivity index (χ1v) is 5.07. The van der Waals surface area contributed by atoms with Crippen LogP contribution in [0.3, 0.4) is 0 Å².